The van der Waals surface area contributed by atoms with Crippen LogP contribution in [0.1, 0.15) is 39.5 Å². The van der Waals surface area contributed by atoms with E-state index >= 15 is 0 Å². The van der Waals surface area contributed by atoms with Crippen molar-refractivity contribution in [3.05, 3.63) is 0 Å². The summed E-state index contributed by atoms with van der Waals surface area (Å²) >= 11 is 0. The zero-order valence-electron chi connectivity index (χ0n) is 10.5. The Morgan fingerprint density at radius 2 is 2.12 bits per heavy atom. The topological polar surface area (TPSA) is 78.4 Å². The lowest BCUT2D eigenvalue weighted by Gasteiger charge is -2.18. The van der Waals surface area contributed by atoms with Crippen LogP contribution >= 0.6 is 0 Å². The monoisotopic (exact) mass is 242 g/mol. The van der Waals surface area contributed by atoms with E-state index in [1.54, 1.807) is 0 Å². The molecule has 0 spiro atoms. The quantitative estimate of drug-likeness (QED) is 0.685. The van der Waals surface area contributed by atoms with Crippen molar-refractivity contribution in [3.8, 4) is 0 Å². The molecule has 1 aliphatic rings. The van der Waals surface area contributed by atoms with Crippen molar-refractivity contribution >= 4 is 12.0 Å². The number of rotatable bonds is 5. The fourth-order valence-corrected chi connectivity index (χ4v) is 2.22. The smallest absolute Gasteiger partial charge is 0.315 e. The summed E-state index contributed by atoms with van der Waals surface area (Å²) in [5.74, 6) is -0.333. The molecule has 1 saturated carbocycles. The fourth-order valence-electron chi connectivity index (χ4n) is 2.22. The van der Waals surface area contributed by atoms with Crippen LogP contribution in [0.4, 0.5) is 4.79 Å². The molecule has 0 heterocycles. The average molecular weight is 242 g/mol. The van der Waals surface area contributed by atoms with Crippen LogP contribution in [-0.4, -0.2) is 29.7 Å². The number of amides is 2. The van der Waals surface area contributed by atoms with Crippen molar-refractivity contribution in [1.29, 1.82) is 0 Å². The molecule has 0 aromatic rings. The van der Waals surface area contributed by atoms with Gasteiger partial charge in [-0.3, -0.25) is 4.79 Å². The zero-order valence-corrected chi connectivity index (χ0v) is 10.5. The second kappa shape index (κ2) is 6.47. The van der Waals surface area contributed by atoms with Crippen LogP contribution in [0.5, 0.6) is 0 Å². The molecule has 1 aliphatic carbocycles. The van der Waals surface area contributed by atoms with E-state index in [4.69, 9.17) is 5.11 Å². The standard InChI is InChI=1S/C12H22N2O3/c1-8(6-11(15)16)7-13-12(17)14-10-5-3-4-9(10)2/h8-10H,3-7H2,1-2H3,(H,15,16)(H2,13,14,17). The van der Waals surface area contributed by atoms with Gasteiger partial charge in [0.25, 0.3) is 0 Å². The van der Waals surface area contributed by atoms with Gasteiger partial charge in [0.15, 0.2) is 0 Å². The number of carbonyl (C=O) groups excluding carboxylic acids is 1. The molecule has 1 fully saturated rings. The van der Waals surface area contributed by atoms with Crippen molar-refractivity contribution in [1.82, 2.24) is 10.6 Å². The largest absolute Gasteiger partial charge is 0.481 e. The second-order valence-electron chi connectivity index (χ2n) is 5.07. The van der Waals surface area contributed by atoms with E-state index in [-0.39, 0.29) is 24.4 Å². The third kappa shape index (κ3) is 5.06. The number of aliphatic carboxylic acids is 1. The summed E-state index contributed by atoms with van der Waals surface area (Å²) < 4.78 is 0. The van der Waals surface area contributed by atoms with Gasteiger partial charge in [-0.25, -0.2) is 4.79 Å². The first kappa shape index (κ1) is 13.8. The van der Waals surface area contributed by atoms with Crippen LogP contribution < -0.4 is 10.6 Å². The Balaban J connectivity index is 2.18. The van der Waals surface area contributed by atoms with Crippen LogP contribution in [0.3, 0.4) is 0 Å². The van der Waals surface area contributed by atoms with Crippen LogP contribution in [0.25, 0.3) is 0 Å². The first-order chi connectivity index (χ1) is 7.99. The molecule has 3 N–H and O–H groups in total. The Hall–Kier alpha value is -1.26. The lowest BCUT2D eigenvalue weighted by atomic mass is 10.1. The molecule has 17 heavy (non-hydrogen) atoms. The Labute approximate surface area is 102 Å². The van der Waals surface area contributed by atoms with Gasteiger partial charge in [0.05, 0.1) is 0 Å². The maximum atomic E-state index is 11.6. The summed E-state index contributed by atoms with van der Waals surface area (Å²) in [6.45, 7) is 4.36. The average Bonchev–Trinajstić information content (AvgIpc) is 2.61. The van der Waals surface area contributed by atoms with Gasteiger partial charge in [0.1, 0.15) is 0 Å². The summed E-state index contributed by atoms with van der Waals surface area (Å²) in [7, 11) is 0. The molecule has 98 valence electrons. The van der Waals surface area contributed by atoms with E-state index < -0.39 is 5.97 Å². The summed E-state index contributed by atoms with van der Waals surface area (Å²) in [4.78, 5) is 22.0. The van der Waals surface area contributed by atoms with Crippen LogP contribution in [0.15, 0.2) is 0 Å². The highest BCUT2D eigenvalue weighted by Gasteiger charge is 2.24. The van der Waals surface area contributed by atoms with Crippen molar-refractivity contribution < 1.29 is 14.7 Å². The van der Waals surface area contributed by atoms with Crippen LogP contribution in [0.2, 0.25) is 0 Å². The molecule has 3 atom stereocenters. The van der Waals surface area contributed by atoms with Gasteiger partial charge in [0, 0.05) is 19.0 Å². The molecular weight excluding hydrogens is 220 g/mol. The number of nitrogens with one attached hydrogen (secondary N) is 2. The van der Waals surface area contributed by atoms with Gasteiger partial charge in [0.2, 0.25) is 0 Å². The van der Waals surface area contributed by atoms with Gasteiger partial charge >= 0.3 is 12.0 Å². The molecule has 5 heteroatoms. The van der Waals surface area contributed by atoms with Crippen molar-refractivity contribution in [3.63, 3.8) is 0 Å². The lowest BCUT2D eigenvalue weighted by Crippen LogP contribution is -2.44. The molecule has 1 rings (SSSR count). The van der Waals surface area contributed by atoms with E-state index in [9.17, 15) is 9.59 Å². The van der Waals surface area contributed by atoms with E-state index in [0.29, 0.717) is 12.5 Å². The van der Waals surface area contributed by atoms with E-state index in [0.717, 1.165) is 6.42 Å². The number of carbonyl (C=O) groups is 2. The number of hydrogen-bond donors (Lipinski definition) is 3. The molecular formula is C12H22N2O3. The minimum atomic E-state index is -0.830. The van der Waals surface area contributed by atoms with Crippen molar-refractivity contribution in [2.24, 2.45) is 11.8 Å². The van der Waals surface area contributed by atoms with Gasteiger partial charge in [-0.1, -0.05) is 20.3 Å². The Morgan fingerprint density at radius 1 is 1.41 bits per heavy atom. The summed E-state index contributed by atoms with van der Waals surface area (Å²) in [5, 5.41) is 14.2. The van der Waals surface area contributed by atoms with E-state index in [2.05, 4.69) is 17.6 Å². The first-order valence-electron chi connectivity index (χ1n) is 6.25. The number of hydrogen-bond acceptors (Lipinski definition) is 2. The SMILES string of the molecule is CC(CNC(=O)NC1CCCC1C)CC(=O)O. The van der Waals surface area contributed by atoms with E-state index in [1.165, 1.54) is 12.8 Å². The lowest BCUT2D eigenvalue weighted by molar-refractivity contribution is -0.137. The molecule has 0 aromatic heterocycles. The van der Waals surface area contributed by atoms with Crippen molar-refractivity contribution in [2.75, 3.05) is 6.54 Å². The Bertz CT molecular complexity index is 281. The number of carboxylic acids is 1. The number of carboxylic acid groups (broad SMARTS) is 1. The summed E-state index contributed by atoms with van der Waals surface area (Å²) in [6, 6.07) is 0.0887. The molecule has 0 aromatic carbocycles. The summed E-state index contributed by atoms with van der Waals surface area (Å²) in [6.07, 6.45) is 3.46. The normalized spacial score (nSPS) is 25.3. The first-order valence-corrected chi connectivity index (χ1v) is 6.25. The number of urea groups is 1. The minimum absolute atomic E-state index is 0.0424. The highest BCUT2D eigenvalue weighted by Crippen LogP contribution is 2.24. The Morgan fingerprint density at radius 3 is 2.65 bits per heavy atom. The Kier molecular flexibility index (Phi) is 5.25. The van der Waals surface area contributed by atoms with Crippen LogP contribution in [-0.2, 0) is 4.79 Å². The van der Waals surface area contributed by atoms with Gasteiger partial charge < -0.3 is 15.7 Å². The molecule has 0 saturated heterocycles. The van der Waals surface area contributed by atoms with Crippen molar-refractivity contribution in [2.45, 2.75) is 45.6 Å². The maximum Gasteiger partial charge on any atom is 0.315 e. The molecule has 0 bridgehead atoms. The molecule has 0 aliphatic heterocycles. The summed E-state index contributed by atoms with van der Waals surface area (Å²) in [5.41, 5.74) is 0. The third-order valence-electron chi connectivity index (χ3n) is 3.31. The predicted octanol–water partition coefficient (Wildman–Crippen LogP) is 1.58. The molecule has 5 nitrogen and oxygen atoms in total. The third-order valence-corrected chi connectivity index (χ3v) is 3.31. The minimum Gasteiger partial charge on any atom is -0.481 e. The highest BCUT2D eigenvalue weighted by molar-refractivity contribution is 5.74. The highest BCUT2D eigenvalue weighted by atomic mass is 16.4. The maximum absolute atomic E-state index is 11.6. The second-order valence-corrected chi connectivity index (χ2v) is 5.07. The molecule has 0 radical (unpaired) electrons. The van der Waals surface area contributed by atoms with E-state index in [1.807, 2.05) is 6.92 Å². The molecule has 3 unspecified atom stereocenters. The van der Waals surface area contributed by atoms with Gasteiger partial charge in [-0.15, -0.1) is 0 Å². The molecule has 2 amide bonds. The van der Waals surface area contributed by atoms with Gasteiger partial charge in [-0.2, -0.15) is 0 Å². The van der Waals surface area contributed by atoms with Crippen LogP contribution in [0, 0.1) is 11.8 Å². The fraction of sp³-hybridized carbons (Fsp3) is 0.833. The van der Waals surface area contributed by atoms with Gasteiger partial charge in [-0.05, 0) is 24.7 Å². The zero-order chi connectivity index (χ0) is 12.8. The predicted molar refractivity (Wildman–Crippen MR) is 64.8 cm³/mol.